The molecule has 2 rings (SSSR count). The molecule has 0 aromatic heterocycles. The molecule has 0 unspecified atom stereocenters. The molecule has 0 radical (unpaired) electrons. The van der Waals surface area contributed by atoms with Gasteiger partial charge in [-0.05, 0) is 32.0 Å². The molecule has 3 nitrogen and oxygen atoms in total. The lowest BCUT2D eigenvalue weighted by Crippen LogP contribution is -2.34. The number of hydrogen-bond donors (Lipinski definition) is 2. The Kier molecular flexibility index (Phi) is 2.35. The van der Waals surface area contributed by atoms with Crippen molar-refractivity contribution in [3.63, 3.8) is 0 Å². The maximum absolute atomic E-state index is 11.8. The number of halogens is 1. The first kappa shape index (κ1) is 10.3. The first-order valence-electron chi connectivity index (χ1n) is 4.84. The molecule has 0 saturated heterocycles. The van der Waals surface area contributed by atoms with Gasteiger partial charge in [0, 0.05) is 11.6 Å². The van der Waals surface area contributed by atoms with Crippen LogP contribution in [-0.2, 0) is 4.79 Å². The zero-order chi connectivity index (χ0) is 11.1. The molecule has 0 bridgehead atoms. The van der Waals surface area contributed by atoms with Gasteiger partial charge in [-0.1, -0.05) is 11.6 Å². The lowest BCUT2D eigenvalue weighted by Gasteiger charge is -2.19. The molecule has 1 aromatic carbocycles. The fourth-order valence-corrected chi connectivity index (χ4v) is 1.63. The minimum absolute atomic E-state index is 0.0241. The van der Waals surface area contributed by atoms with E-state index in [1.165, 1.54) is 0 Å². The van der Waals surface area contributed by atoms with E-state index in [4.69, 9.17) is 11.6 Å². The van der Waals surface area contributed by atoms with Gasteiger partial charge in [-0.3, -0.25) is 4.79 Å². The predicted octanol–water partition coefficient (Wildman–Crippen LogP) is 2.73. The summed E-state index contributed by atoms with van der Waals surface area (Å²) in [6.45, 7) is 4.41. The van der Waals surface area contributed by atoms with E-state index in [2.05, 4.69) is 10.6 Å². The highest BCUT2D eigenvalue weighted by Crippen LogP contribution is 2.31. The second-order valence-corrected chi connectivity index (χ2v) is 4.82. The Morgan fingerprint density at radius 1 is 1.33 bits per heavy atom. The second-order valence-electron chi connectivity index (χ2n) is 4.38. The summed E-state index contributed by atoms with van der Waals surface area (Å²) in [5, 5.41) is 6.76. The van der Waals surface area contributed by atoms with Gasteiger partial charge >= 0.3 is 0 Å². The third-order valence-corrected chi connectivity index (χ3v) is 2.80. The Labute approximate surface area is 93.8 Å². The van der Waals surface area contributed by atoms with E-state index in [1.807, 2.05) is 26.0 Å². The van der Waals surface area contributed by atoms with Crippen molar-refractivity contribution in [2.24, 2.45) is 5.41 Å². The molecule has 0 saturated carbocycles. The van der Waals surface area contributed by atoms with Crippen LogP contribution >= 0.6 is 11.6 Å². The average Bonchev–Trinajstić information content (AvgIpc) is 2.27. The summed E-state index contributed by atoms with van der Waals surface area (Å²) in [7, 11) is 0. The highest BCUT2D eigenvalue weighted by molar-refractivity contribution is 6.31. The third kappa shape index (κ3) is 1.92. The number of hydrogen-bond acceptors (Lipinski definition) is 2. The Bertz CT molecular complexity index is 415. The van der Waals surface area contributed by atoms with Gasteiger partial charge in [0.15, 0.2) is 0 Å². The maximum Gasteiger partial charge on any atom is 0.231 e. The van der Waals surface area contributed by atoms with Crippen LogP contribution in [0.15, 0.2) is 18.2 Å². The number of carbonyl (C=O) groups is 1. The molecule has 0 fully saturated rings. The van der Waals surface area contributed by atoms with Crippen molar-refractivity contribution < 1.29 is 4.79 Å². The van der Waals surface area contributed by atoms with Crippen LogP contribution in [-0.4, -0.2) is 12.5 Å². The van der Waals surface area contributed by atoms with Crippen LogP contribution in [0.2, 0.25) is 5.02 Å². The molecule has 2 N–H and O–H groups in total. The molecule has 1 aliphatic heterocycles. The van der Waals surface area contributed by atoms with Crippen molar-refractivity contribution in [3.8, 4) is 0 Å². The minimum atomic E-state index is -0.411. The number of nitrogens with one attached hydrogen (secondary N) is 2. The maximum atomic E-state index is 11.8. The van der Waals surface area contributed by atoms with Crippen LogP contribution in [0.1, 0.15) is 13.8 Å². The standard InChI is InChI=1S/C11H13ClN2O/c1-11(2)6-13-9-5-7(12)3-4-8(9)14-10(11)15/h3-5,13H,6H2,1-2H3,(H,14,15). The van der Waals surface area contributed by atoms with Crippen molar-refractivity contribution in [2.45, 2.75) is 13.8 Å². The van der Waals surface area contributed by atoms with Gasteiger partial charge in [0.25, 0.3) is 0 Å². The van der Waals surface area contributed by atoms with Crippen LogP contribution in [0.3, 0.4) is 0 Å². The van der Waals surface area contributed by atoms with Crippen LogP contribution in [0.5, 0.6) is 0 Å². The molecule has 4 heteroatoms. The number of amides is 1. The largest absolute Gasteiger partial charge is 0.382 e. The zero-order valence-corrected chi connectivity index (χ0v) is 9.48. The molecule has 1 amide bonds. The first-order valence-corrected chi connectivity index (χ1v) is 5.22. The van der Waals surface area contributed by atoms with Gasteiger partial charge in [-0.25, -0.2) is 0 Å². The Morgan fingerprint density at radius 2 is 2.07 bits per heavy atom. The summed E-state index contributed by atoms with van der Waals surface area (Å²) in [5.74, 6) is 0.0241. The van der Waals surface area contributed by atoms with E-state index in [0.29, 0.717) is 11.6 Å². The van der Waals surface area contributed by atoms with Crippen molar-refractivity contribution in [1.29, 1.82) is 0 Å². The number of carbonyl (C=O) groups excluding carboxylic acids is 1. The molecule has 0 aliphatic carbocycles. The monoisotopic (exact) mass is 224 g/mol. The molecule has 1 heterocycles. The Balaban J connectivity index is 2.40. The second kappa shape index (κ2) is 3.42. The number of benzene rings is 1. The minimum Gasteiger partial charge on any atom is -0.382 e. The van der Waals surface area contributed by atoms with Crippen LogP contribution in [0.25, 0.3) is 0 Å². The molecule has 1 aromatic rings. The highest BCUT2D eigenvalue weighted by atomic mass is 35.5. The lowest BCUT2D eigenvalue weighted by molar-refractivity contribution is -0.123. The van der Waals surface area contributed by atoms with E-state index in [0.717, 1.165) is 11.4 Å². The summed E-state index contributed by atoms with van der Waals surface area (Å²) < 4.78 is 0. The fraction of sp³-hybridized carbons (Fsp3) is 0.364. The van der Waals surface area contributed by atoms with E-state index in [9.17, 15) is 4.79 Å². The van der Waals surface area contributed by atoms with Crippen molar-refractivity contribution in [3.05, 3.63) is 23.2 Å². The third-order valence-electron chi connectivity index (χ3n) is 2.57. The molecule has 80 valence electrons. The fourth-order valence-electron chi connectivity index (χ4n) is 1.46. The van der Waals surface area contributed by atoms with Crippen molar-refractivity contribution >= 4 is 28.9 Å². The van der Waals surface area contributed by atoms with Gasteiger partial charge < -0.3 is 10.6 Å². The van der Waals surface area contributed by atoms with Crippen molar-refractivity contribution in [1.82, 2.24) is 0 Å². The summed E-state index contributed by atoms with van der Waals surface area (Å²) >= 11 is 5.88. The predicted molar refractivity (Wildman–Crippen MR) is 62.4 cm³/mol. The summed E-state index contributed by atoms with van der Waals surface area (Å²) in [6.07, 6.45) is 0. The van der Waals surface area contributed by atoms with Crippen LogP contribution < -0.4 is 10.6 Å². The van der Waals surface area contributed by atoms with E-state index in [-0.39, 0.29) is 5.91 Å². The van der Waals surface area contributed by atoms with E-state index < -0.39 is 5.41 Å². The molecule has 0 spiro atoms. The Hall–Kier alpha value is -1.22. The van der Waals surface area contributed by atoms with Gasteiger partial charge in [-0.15, -0.1) is 0 Å². The summed E-state index contributed by atoms with van der Waals surface area (Å²) in [4.78, 5) is 11.8. The number of anilines is 2. The molecular formula is C11H13ClN2O. The lowest BCUT2D eigenvalue weighted by atomic mass is 9.93. The van der Waals surface area contributed by atoms with Crippen LogP contribution in [0.4, 0.5) is 11.4 Å². The van der Waals surface area contributed by atoms with Crippen LogP contribution in [0, 0.1) is 5.41 Å². The molecular weight excluding hydrogens is 212 g/mol. The number of fused-ring (bicyclic) bond motifs is 1. The molecule has 0 atom stereocenters. The first-order chi connectivity index (χ1) is 6.99. The average molecular weight is 225 g/mol. The van der Waals surface area contributed by atoms with Gasteiger partial charge in [0.2, 0.25) is 5.91 Å². The topological polar surface area (TPSA) is 41.1 Å². The van der Waals surface area contributed by atoms with E-state index >= 15 is 0 Å². The van der Waals surface area contributed by atoms with Crippen molar-refractivity contribution in [2.75, 3.05) is 17.2 Å². The van der Waals surface area contributed by atoms with Gasteiger partial charge in [0.05, 0.1) is 16.8 Å². The van der Waals surface area contributed by atoms with Gasteiger partial charge in [-0.2, -0.15) is 0 Å². The number of rotatable bonds is 0. The van der Waals surface area contributed by atoms with E-state index in [1.54, 1.807) is 6.07 Å². The van der Waals surface area contributed by atoms with Gasteiger partial charge in [0.1, 0.15) is 0 Å². The summed E-state index contributed by atoms with van der Waals surface area (Å²) in [5.41, 5.74) is 1.25. The zero-order valence-electron chi connectivity index (χ0n) is 8.73. The molecule has 1 aliphatic rings. The smallest absolute Gasteiger partial charge is 0.231 e. The Morgan fingerprint density at radius 3 is 2.80 bits per heavy atom. The molecule has 15 heavy (non-hydrogen) atoms. The summed E-state index contributed by atoms with van der Waals surface area (Å²) in [6, 6.07) is 5.39. The normalized spacial score (nSPS) is 18.5. The highest BCUT2D eigenvalue weighted by Gasteiger charge is 2.30. The quantitative estimate of drug-likeness (QED) is 0.712. The SMILES string of the molecule is CC1(C)CNc2cc(Cl)ccc2NC1=O.